The Kier molecular flexibility index (Phi) is 5.49. The number of anilines is 1. The Morgan fingerprint density at radius 2 is 1.70 bits per heavy atom. The van der Waals surface area contributed by atoms with Crippen molar-refractivity contribution in [3.05, 3.63) is 65.7 Å². The van der Waals surface area contributed by atoms with Crippen LogP contribution in [0.5, 0.6) is 0 Å². The molecular weight excluding hydrogens is 338 g/mol. The minimum atomic E-state index is -1.26. The molecule has 3 amide bonds. The summed E-state index contributed by atoms with van der Waals surface area (Å²) >= 11 is 0. The van der Waals surface area contributed by atoms with E-state index in [1.165, 1.54) is 0 Å². The Morgan fingerprint density at radius 1 is 1.04 bits per heavy atom. The maximum atomic E-state index is 13.3. The van der Waals surface area contributed by atoms with Gasteiger partial charge < -0.3 is 11.1 Å². The van der Waals surface area contributed by atoms with Gasteiger partial charge in [-0.15, -0.1) is 0 Å². The summed E-state index contributed by atoms with van der Waals surface area (Å²) in [4.78, 5) is 27.6. The molecule has 0 bridgehead atoms. The largest absolute Gasteiger partial charge is 0.367 e. The van der Waals surface area contributed by atoms with E-state index in [0.717, 1.165) is 30.5 Å². The van der Waals surface area contributed by atoms with Gasteiger partial charge in [-0.25, -0.2) is 4.79 Å². The number of nitrogens with one attached hydrogen (secondary N) is 1. The number of benzene rings is 2. The lowest BCUT2D eigenvalue weighted by Gasteiger charge is -2.38. The smallest absolute Gasteiger partial charge is 0.323 e. The summed E-state index contributed by atoms with van der Waals surface area (Å²) in [5, 5.41) is 3.00. The van der Waals surface area contributed by atoms with Gasteiger partial charge in [-0.1, -0.05) is 62.4 Å². The molecular formula is C22H27N3O2. The van der Waals surface area contributed by atoms with Gasteiger partial charge in [-0.05, 0) is 42.4 Å². The monoisotopic (exact) mass is 365 g/mol. The van der Waals surface area contributed by atoms with E-state index in [4.69, 9.17) is 5.73 Å². The fourth-order valence-electron chi connectivity index (χ4n) is 3.88. The maximum absolute atomic E-state index is 13.3. The summed E-state index contributed by atoms with van der Waals surface area (Å²) < 4.78 is 0. The number of hydrogen-bond donors (Lipinski definition) is 2. The van der Waals surface area contributed by atoms with Crippen LogP contribution in [0.3, 0.4) is 0 Å². The van der Waals surface area contributed by atoms with Crippen molar-refractivity contribution in [1.82, 2.24) is 5.32 Å². The number of para-hydroxylation sites is 1. The minimum absolute atomic E-state index is 0.205. The van der Waals surface area contributed by atoms with Gasteiger partial charge in [0.1, 0.15) is 5.54 Å². The second kappa shape index (κ2) is 7.82. The van der Waals surface area contributed by atoms with Gasteiger partial charge in [-0.2, -0.15) is 0 Å². The highest BCUT2D eigenvalue weighted by atomic mass is 16.2. The molecule has 27 heavy (non-hydrogen) atoms. The Morgan fingerprint density at radius 3 is 2.37 bits per heavy atom. The standard InChI is InChI=1S/C22H27N3O2/c1-16(2)22(20(23)26,18-12-4-3-5-13-18)24-21(27)25-15-9-8-11-17-10-6-7-14-19(17)25/h3-7,10,12-14,16H,8-9,11,15H2,1-2H3,(H2,23,26)(H,24,27). The highest BCUT2D eigenvalue weighted by Gasteiger charge is 2.44. The first-order chi connectivity index (χ1) is 13.0. The number of primary amides is 1. The van der Waals surface area contributed by atoms with Crippen molar-refractivity contribution in [2.75, 3.05) is 11.4 Å². The van der Waals surface area contributed by atoms with Crippen LogP contribution in [0.15, 0.2) is 54.6 Å². The van der Waals surface area contributed by atoms with E-state index < -0.39 is 11.4 Å². The second-order valence-corrected chi connectivity index (χ2v) is 7.36. The van der Waals surface area contributed by atoms with Crippen LogP contribution in [0.2, 0.25) is 0 Å². The van der Waals surface area contributed by atoms with Crippen molar-refractivity contribution in [3.63, 3.8) is 0 Å². The van der Waals surface area contributed by atoms with Crippen molar-refractivity contribution in [1.29, 1.82) is 0 Å². The normalized spacial score (nSPS) is 16.2. The third-order valence-corrected chi connectivity index (χ3v) is 5.39. The summed E-state index contributed by atoms with van der Waals surface area (Å²) in [5.41, 5.74) is 7.33. The SMILES string of the molecule is CC(C)C(NC(=O)N1CCCCc2ccccc21)(C(N)=O)c1ccccc1. The molecule has 1 aliphatic heterocycles. The first-order valence-electron chi connectivity index (χ1n) is 9.50. The number of fused-ring (bicyclic) bond motifs is 1. The van der Waals surface area contributed by atoms with Crippen molar-refractivity contribution in [3.8, 4) is 0 Å². The average molecular weight is 365 g/mol. The molecule has 3 rings (SSSR count). The number of hydrogen-bond acceptors (Lipinski definition) is 2. The lowest BCUT2D eigenvalue weighted by atomic mass is 9.79. The molecule has 0 saturated carbocycles. The molecule has 0 aliphatic carbocycles. The first-order valence-corrected chi connectivity index (χ1v) is 9.50. The predicted molar refractivity (Wildman–Crippen MR) is 107 cm³/mol. The maximum Gasteiger partial charge on any atom is 0.323 e. The van der Waals surface area contributed by atoms with Crippen molar-refractivity contribution < 1.29 is 9.59 Å². The van der Waals surface area contributed by atoms with Gasteiger partial charge in [0.25, 0.3) is 0 Å². The fourth-order valence-corrected chi connectivity index (χ4v) is 3.88. The molecule has 5 heteroatoms. The van der Waals surface area contributed by atoms with Gasteiger partial charge in [0.2, 0.25) is 5.91 Å². The Labute approximate surface area is 160 Å². The van der Waals surface area contributed by atoms with Gasteiger partial charge in [0, 0.05) is 12.2 Å². The molecule has 0 spiro atoms. The zero-order chi connectivity index (χ0) is 19.4. The summed E-state index contributed by atoms with van der Waals surface area (Å²) in [6.07, 6.45) is 2.90. The van der Waals surface area contributed by atoms with E-state index in [9.17, 15) is 9.59 Å². The summed E-state index contributed by atoms with van der Waals surface area (Å²) in [5.74, 6) is -0.760. The molecule has 3 N–H and O–H groups in total. The van der Waals surface area contributed by atoms with Crippen LogP contribution in [0.4, 0.5) is 10.5 Å². The van der Waals surface area contributed by atoms with E-state index >= 15 is 0 Å². The molecule has 0 aromatic heterocycles. The third kappa shape index (κ3) is 3.54. The van der Waals surface area contributed by atoms with Crippen molar-refractivity contribution in [2.45, 2.75) is 38.6 Å². The van der Waals surface area contributed by atoms with E-state index in [0.29, 0.717) is 12.1 Å². The highest BCUT2D eigenvalue weighted by Crippen LogP contribution is 2.32. The van der Waals surface area contributed by atoms with Crippen LogP contribution in [0.1, 0.15) is 37.8 Å². The van der Waals surface area contributed by atoms with Crippen LogP contribution in [-0.4, -0.2) is 18.5 Å². The van der Waals surface area contributed by atoms with Gasteiger partial charge >= 0.3 is 6.03 Å². The van der Waals surface area contributed by atoms with E-state index in [1.54, 1.807) is 4.90 Å². The summed E-state index contributed by atoms with van der Waals surface area (Å²) in [7, 11) is 0. The molecule has 0 radical (unpaired) electrons. The third-order valence-electron chi connectivity index (χ3n) is 5.39. The molecule has 2 aromatic rings. The second-order valence-electron chi connectivity index (χ2n) is 7.36. The van der Waals surface area contributed by atoms with Crippen LogP contribution in [-0.2, 0) is 16.8 Å². The van der Waals surface area contributed by atoms with E-state index in [1.807, 2.05) is 62.4 Å². The zero-order valence-corrected chi connectivity index (χ0v) is 15.9. The van der Waals surface area contributed by atoms with Gasteiger partial charge in [-0.3, -0.25) is 9.69 Å². The summed E-state index contributed by atoms with van der Waals surface area (Å²) in [6.45, 7) is 4.41. The highest BCUT2D eigenvalue weighted by molar-refractivity contribution is 5.98. The molecule has 1 atom stereocenters. The molecule has 2 aromatic carbocycles. The topological polar surface area (TPSA) is 75.4 Å². The molecule has 0 saturated heterocycles. The Hall–Kier alpha value is -2.82. The zero-order valence-electron chi connectivity index (χ0n) is 15.9. The minimum Gasteiger partial charge on any atom is -0.367 e. The number of urea groups is 1. The van der Waals surface area contributed by atoms with Crippen LogP contribution in [0.25, 0.3) is 0 Å². The number of carbonyl (C=O) groups is 2. The van der Waals surface area contributed by atoms with E-state index in [2.05, 4.69) is 11.4 Å². The number of carbonyl (C=O) groups excluding carboxylic acids is 2. The van der Waals surface area contributed by atoms with Crippen LogP contribution < -0.4 is 16.0 Å². The number of rotatable bonds is 4. The lowest BCUT2D eigenvalue weighted by molar-refractivity contribution is -0.126. The quantitative estimate of drug-likeness (QED) is 0.869. The number of aryl methyl sites for hydroxylation is 1. The molecule has 1 aliphatic rings. The number of amides is 3. The number of nitrogens with zero attached hydrogens (tertiary/aromatic N) is 1. The van der Waals surface area contributed by atoms with Gasteiger partial charge in [0.15, 0.2) is 0 Å². The van der Waals surface area contributed by atoms with Crippen LogP contribution >= 0.6 is 0 Å². The first kappa shape index (κ1) is 19.0. The molecule has 142 valence electrons. The van der Waals surface area contributed by atoms with Gasteiger partial charge in [0.05, 0.1) is 0 Å². The molecule has 0 fully saturated rings. The van der Waals surface area contributed by atoms with E-state index in [-0.39, 0.29) is 11.9 Å². The van der Waals surface area contributed by atoms with Crippen molar-refractivity contribution >= 4 is 17.6 Å². The number of nitrogens with two attached hydrogens (primary N) is 1. The van der Waals surface area contributed by atoms with Crippen LogP contribution in [0, 0.1) is 5.92 Å². The predicted octanol–water partition coefficient (Wildman–Crippen LogP) is 3.58. The summed E-state index contributed by atoms with van der Waals surface area (Å²) in [6, 6.07) is 16.9. The van der Waals surface area contributed by atoms with Crippen molar-refractivity contribution in [2.24, 2.45) is 11.7 Å². The molecule has 1 unspecified atom stereocenters. The average Bonchev–Trinajstić information content (AvgIpc) is 2.88. The molecule has 1 heterocycles. The Bertz CT molecular complexity index is 819. The Balaban J connectivity index is 2.00. The molecule has 5 nitrogen and oxygen atoms in total. The fraction of sp³-hybridized carbons (Fsp3) is 0.364. The lowest BCUT2D eigenvalue weighted by Crippen LogP contribution is -2.61.